The number of rotatable bonds is 3. The highest BCUT2D eigenvalue weighted by Gasteiger charge is 2.27. The van der Waals surface area contributed by atoms with Crippen LogP contribution in [-0.2, 0) is 6.54 Å². The summed E-state index contributed by atoms with van der Waals surface area (Å²) in [6, 6.07) is 8.63. The van der Waals surface area contributed by atoms with Gasteiger partial charge in [-0.2, -0.15) is 0 Å². The zero-order chi connectivity index (χ0) is 12.7. The average molecular weight is 328 g/mol. The van der Waals surface area contributed by atoms with E-state index in [1.165, 1.54) is 49.1 Å². The third-order valence-corrected chi connectivity index (χ3v) is 4.53. The van der Waals surface area contributed by atoms with E-state index in [2.05, 4.69) is 34.1 Å². The molecule has 1 N–H and O–H groups in total. The van der Waals surface area contributed by atoms with Crippen molar-refractivity contribution >= 4 is 35.8 Å². The van der Waals surface area contributed by atoms with Crippen LogP contribution >= 0.6 is 24.8 Å². The number of nitrogens with zero attached hydrogens (tertiary/aromatic N) is 2. The molecule has 2 aliphatic rings. The summed E-state index contributed by atoms with van der Waals surface area (Å²) >= 11 is 0. The third-order valence-electron chi connectivity index (χ3n) is 4.53. The molecule has 0 bridgehead atoms. The van der Waals surface area contributed by atoms with E-state index in [0.717, 1.165) is 19.0 Å². The molecular weight excluding hydrogens is 305 g/mol. The molecule has 2 aromatic rings. The van der Waals surface area contributed by atoms with Crippen molar-refractivity contribution in [3.8, 4) is 0 Å². The maximum atomic E-state index is 4.95. The van der Waals surface area contributed by atoms with Gasteiger partial charge in [0.15, 0.2) is 0 Å². The molecule has 2 heterocycles. The highest BCUT2D eigenvalue weighted by atomic mass is 35.5. The molecule has 21 heavy (non-hydrogen) atoms. The van der Waals surface area contributed by atoms with E-state index in [1.54, 1.807) is 0 Å². The largest absolute Gasteiger partial charge is 0.327 e. The van der Waals surface area contributed by atoms with Gasteiger partial charge in [0.05, 0.1) is 11.0 Å². The molecule has 2 fully saturated rings. The van der Waals surface area contributed by atoms with Crippen molar-refractivity contribution in [1.29, 1.82) is 0 Å². The number of nitrogens with one attached hydrogen (secondary N) is 1. The van der Waals surface area contributed by atoms with E-state index in [-0.39, 0.29) is 24.8 Å². The number of imidazole rings is 1. The Morgan fingerprint density at radius 1 is 1.05 bits per heavy atom. The first kappa shape index (κ1) is 16.6. The Kier molecular flexibility index (Phi) is 5.53. The van der Waals surface area contributed by atoms with E-state index >= 15 is 0 Å². The number of benzene rings is 1. The highest BCUT2D eigenvalue weighted by molar-refractivity contribution is 5.85. The predicted molar refractivity (Wildman–Crippen MR) is 91.8 cm³/mol. The predicted octanol–water partition coefficient (Wildman–Crippen LogP) is 3.76. The summed E-state index contributed by atoms with van der Waals surface area (Å²) < 4.78 is 2.52. The standard InChI is InChI=1S/C16H21N3.2ClH/c1-2-4-15-14(3-1)18-16(13-7-9-17-10-8-13)19(15)11-12-5-6-12;;/h1-4,12-13,17H,5-11H2;2*1H. The number of aromatic nitrogens is 2. The van der Waals surface area contributed by atoms with Gasteiger partial charge in [-0.05, 0) is 56.8 Å². The van der Waals surface area contributed by atoms with Crippen molar-refractivity contribution < 1.29 is 0 Å². The summed E-state index contributed by atoms with van der Waals surface area (Å²) in [6.07, 6.45) is 5.26. The zero-order valence-electron chi connectivity index (χ0n) is 12.1. The molecule has 1 saturated carbocycles. The average Bonchev–Trinajstić information content (AvgIpc) is 3.21. The van der Waals surface area contributed by atoms with Crippen LogP contribution in [0.2, 0.25) is 0 Å². The Hall–Kier alpha value is -0.770. The van der Waals surface area contributed by atoms with Crippen molar-refractivity contribution in [2.45, 2.75) is 38.1 Å². The van der Waals surface area contributed by atoms with Gasteiger partial charge in [-0.1, -0.05) is 12.1 Å². The Bertz CT molecular complexity index is 586. The molecule has 0 unspecified atom stereocenters. The zero-order valence-corrected chi connectivity index (χ0v) is 13.8. The van der Waals surface area contributed by atoms with Crippen molar-refractivity contribution in [1.82, 2.24) is 14.9 Å². The monoisotopic (exact) mass is 327 g/mol. The second kappa shape index (κ2) is 6.99. The molecule has 1 aromatic carbocycles. The van der Waals surface area contributed by atoms with Crippen molar-refractivity contribution in [3.05, 3.63) is 30.1 Å². The minimum atomic E-state index is 0. The number of fused-ring (bicyclic) bond motifs is 1. The fourth-order valence-electron chi connectivity index (χ4n) is 3.24. The van der Waals surface area contributed by atoms with Gasteiger partial charge >= 0.3 is 0 Å². The summed E-state index contributed by atoms with van der Waals surface area (Å²) in [5.41, 5.74) is 2.51. The molecule has 0 atom stereocenters. The molecule has 0 amide bonds. The number of piperidine rings is 1. The van der Waals surface area contributed by atoms with E-state index < -0.39 is 0 Å². The van der Waals surface area contributed by atoms with E-state index in [1.807, 2.05) is 0 Å². The fraction of sp³-hybridized carbons (Fsp3) is 0.562. The number of para-hydroxylation sites is 2. The lowest BCUT2D eigenvalue weighted by Gasteiger charge is -2.23. The number of halogens is 2. The molecule has 1 saturated heterocycles. The van der Waals surface area contributed by atoms with Crippen LogP contribution in [0.1, 0.15) is 37.4 Å². The van der Waals surface area contributed by atoms with Crippen LogP contribution in [0.4, 0.5) is 0 Å². The van der Waals surface area contributed by atoms with Gasteiger partial charge in [0.25, 0.3) is 0 Å². The second-order valence-corrected chi connectivity index (χ2v) is 6.04. The summed E-state index contributed by atoms with van der Waals surface area (Å²) in [5.74, 6) is 2.89. The quantitative estimate of drug-likeness (QED) is 0.930. The van der Waals surface area contributed by atoms with Crippen LogP contribution in [0, 0.1) is 5.92 Å². The maximum absolute atomic E-state index is 4.95. The third kappa shape index (κ3) is 3.36. The van der Waals surface area contributed by atoms with Gasteiger partial charge in [0, 0.05) is 12.5 Å². The topological polar surface area (TPSA) is 29.9 Å². The Morgan fingerprint density at radius 2 is 1.76 bits per heavy atom. The minimum Gasteiger partial charge on any atom is -0.327 e. The van der Waals surface area contributed by atoms with Crippen LogP contribution < -0.4 is 5.32 Å². The molecule has 1 aromatic heterocycles. The molecule has 116 valence electrons. The van der Waals surface area contributed by atoms with Crippen LogP contribution in [0.3, 0.4) is 0 Å². The van der Waals surface area contributed by atoms with Crippen LogP contribution in [0.15, 0.2) is 24.3 Å². The van der Waals surface area contributed by atoms with Crippen molar-refractivity contribution in [2.75, 3.05) is 13.1 Å². The lowest BCUT2D eigenvalue weighted by molar-refractivity contribution is 0.428. The molecule has 1 aliphatic carbocycles. The van der Waals surface area contributed by atoms with E-state index in [0.29, 0.717) is 5.92 Å². The molecule has 5 heteroatoms. The Labute approximate surface area is 138 Å². The fourth-order valence-corrected chi connectivity index (χ4v) is 3.24. The van der Waals surface area contributed by atoms with Gasteiger partial charge in [0.1, 0.15) is 5.82 Å². The molecule has 1 aliphatic heterocycles. The van der Waals surface area contributed by atoms with Gasteiger partial charge in [-0.15, -0.1) is 24.8 Å². The summed E-state index contributed by atoms with van der Waals surface area (Å²) in [4.78, 5) is 4.95. The van der Waals surface area contributed by atoms with Gasteiger partial charge in [-0.25, -0.2) is 4.98 Å². The maximum Gasteiger partial charge on any atom is 0.113 e. The number of hydrogen-bond donors (Lipinski definition) is 1. The first-order chi connectivity index (χ1) is 9.42. The van der Waals surface area contributed by atoms with Crippen LogP contribution in [0.5, 0.6) is 0 Å². The van der Waals surface area contributed by atoms with Crippen LogP contribution in [-0.4, -0.2) is 22.6 Å². The van der Waals surface area contributed by atoms with E-state index in [4.69, 9.17) is 4.98 Å². The van der Waals surface area contributed by atoms with Crippen molar-refractivity contribution in [3.63, 3.8) is 0 Å². The molecule has 0 radical (unpaired) electrons. The molecule has 3 nitrogen and oxygen atoms in total. The van der Waals surface area contributed by atoms with Gasteiger partial charge in [-0.3, -0.25) is 0 Å². The first-order valence-electron chi connectivity index (χ1n) is 7.58. The van der Waals surface area contributed by atoms with Gasteiger partial charge in [0.2, 0.25) is 0 Å². The molecule has 0 spiro atoms. The Morgan fingerprint density at radius 3 is 2.48 bits per heavy atom. The lowest BCUT2D eigenvalue weighted by atomic mass is 9.97. The Balaban J connectivity index is 0.000000807. The molecular formula is C16H23Cl2N3. The SMILES string of the molecule is Cl.Cl.c1ccc2c(c1)nc(C1CCNCC1)n2CC1CC1. The minimum absolute atomic E-state index is 0. The van der Waals surface area contributed by atoms with Gasteiger partial charge < -0.3 is 9.88 Å². The van der Waals surface area contributed by atoms with E-state index in [9.17, 15) is 0 Å². The summed E-state index contributed by atoms with van der Waals surface area (Å²) in [7, 11) is 0. The highest BCUT2D eigenvalue weighted by Crippen LogP contribution is 2.35. The summed E-state index contributed by atoms with van der Waals surface area (Å²) in [6.45, 7) is 3.45. The lowest BCUT2D eigenvalue weighted by Crippen LogP contribution is -2.28. The normalized spacial score (nSPS) is 19.0. The number of hydrogen-bond acceptors (Lipinski definition) is 2. The summed E-state index contributed by atoms with van der Waals surface area (Å²) in [5, 5.41) is 3.45. The van der Waals surface area contributed by atoms with Crippen LogP contribution in [0.25, 0.3) is 11.0 Å². The van der Waals surface area contributed by atoms with Crippen molar-refractivity contribution in [2.24, 2.45) is 5.92 Å². The second-order valence-electron chi connectivity index (χ2n) is 6.04. The molecule has 4 rings (SSSR count). The first-order valence-corrected chi connectivity index (χ1v) is 7.58. The smallest absolute Gasteiger partial charge is 0.113 e.